The molecule has 0 fully saturated rings. The molecule has 0 spiro atoms. The molecular formula is C16H22ClNO. The SMILES string of the molecule is Cc1cc(Cl)cc2c(C(C)C)c(CNC(C)C)oc12. The number of furan rings is 1. The summed E-state index contributed by atoms with van der Waals surface area (Å²) in [4.78, 5) is 0. The molecule has 0 aliphatic carbocycles. The molecule has 2 rings (SSSR count). The van der Waals surface area contributed by atoms with Crippen molar-refractivity contribution in [1.29, 1.82) is 0 Å². The van der Waals surface area contributed by atoms with Crippen LogP contribution in [0.4, 0.5) is 0 Å². The van der Waals surface area contributed by atoms with Gasteiger partial charge >= 0.3 is 0 Å². The van der Waals surface area contributed by atoms with E-state index in [1.165, 1.54) is 5.56 Å². The molecule has 0 saturated carbocycles. The summed E-state index contributed by atoms with van der Waals surface area (Å²) in [5, 5.41) is 5.35. The first-order valence-corrected chi connectivity index (χ1v) is 7.22. The molecule has 0 atom stereocenters. The Morgan fingerprint density at radius 1 is 1.21 bits per heavy atom. The minimum absolute atomic E-state index is 0.420. The van der Waals surface area contributed by atoms with Gasteiger partial charge in [0.05, 0.1) is 6.54 Å². The Kier molecular flexibility index (Phi) is 4.22. The van der Waals surface area contributed by atoms with E-state index in [-0.39, 0.29) is 0 Å². The van der Waals surface area contributed by atoms with E-state index < -0.39 is 0 Å². The monoisotopic (exact) mass is 279 g/mol. The second-order valence-corrected chi connectivity index (χ2v) is 6.17. The van der Waals surface area contributed by atoms with Gasteiger partial charge in [0.1, 0.15) is 11.3 Å². The lowest BCUT2D eigenvalue weighted by atomic mass is 9.98. The highest BCUT2D eigenvalue weighted by Gasteiger charge is 2.18. The molecule has 1 aromatic heterocycles. The van der Waals surface area contributed by atoms with Crippen LogP contribution in [0.25, 0.3) is 11.0 Å². The molecule has 2 aromatic rings. The van der Waals surface area contributed by atoms with Gasteiger partial charge in [0.25, 0.3) is 0 Å². The lowest BCUT2D eigenvalue weighted by Crippen LogP contribution is -2.22. The molecule has 0 saturated heterocycles. The first kappa shape index (κ1) is 14.4. The van der Waals surface area contributed by atoms with E-state index in [4.69, 9.17) is 16.0 Å². The van der Waals surface area contributed by atoms with Gasteiger partial charge in [-0.1, -0.05) is 39.3 Å². The molecular weight excluding hydrogens is 258 g/mol. The van der Waals surface area contributed by atoms with Crippen LogP contribution in [0.3, 0.4) is 0 Å². The highest BCUT2D eigenvalue weighted by atomic mass is 35.5. The summed E-state index contributed by atoms with van der Waals surface area (Å²) < 4.78 is 6.08. The lowest BCUT2D eigenvalue weighted by Gasteiger charge is -2.09. The molecule has 0 amide bonds. The van der Waals surface area contributed by atoms with Crippen LogP contribution in [0.5, 0.6) is 0 Å². The van der Waals surface area contributed by atoms with Crippen molar-refractivity contribution in [3.05, 3.63) is 34.0 Å². The fourth-order valence-corrected chi connectivity index (χ4v) is 2.73. The minimum Gasteiger partial charge on any atom is -0.459 e. The zero-order valence-electron chi connectivity index (χ0n) is 12.3. The van der Waals surface area contributed by atoms with Crippen molar-refractivity contribution in [2.45, 2.75) is 53.1 Å². The maximum absolute atomic E-state index is 6.18. The summed E-state index contributed by atoms with van der Waals surface area (Å²) in [5.74, 6) is 1.45. The maximum Gasteiger partial charge on any atom is 0.137 e. The van der Waals surface area contributed by atoms with Gasteiger partial charge in [0.15, 0.2) is 0 Å². The molecule has 1 heterocycles. The van der Waals surface area contributed by atoms with Crippen molar-refractivity contribution in [3.8, 4) is 0 Å². The van der Waals surface area contributed by atoms with Crippen molar-refractivity contribution < 1.29 is 4.42 Å². The molecule has 0 aliphatic rings. The Bertz CT molecular complexity index is 584. The van der Waals surface area contributed by atoms with E-state index in [2.05, 4.69) is 33.0 Å². The summed E-state index contributed by atoms with van der Waals surface area (Å²) in [5.41, 5.74) is 3.34. The molecule has 0 aliphatic heterocycles. The maximum atomic E-state index is 6.18. The molecule has 1 aromatic carbocycles. The second-order valence-electron chi connectivity index (χ2n) is 5.73. The van der Waals surface area contributed by atoms with E-state index in [1.54, 1.807) is 0 Å². The first-order valence-electron chi connectivity index (χ1n) is 6.85. The van der Waals surface area contributed by atoms with Crippen LogP contribution >= 0.6 is 11.6 Å². The molecule has 104 valence electrons. The van der Waals surface area contributed by atoms with E-state index >= 15 is 0 Å². The van der Waals surface area contributed by atoms with Crippen LogP contribution in [0.15, 0.2) is 16.5 Å². The Labute approximate surface area is 120 Å². The highest BCUT2D eigenvalue weighted by Crippen LogP contribution is 2.35. The van der Waals surface area contributed by atoms with E-state index in [0.29, 0.717) is 12.0 Å². The second kappa shape index (κ2) is 5.56. The largest absolute Gasteiger partial charge is 0.459 e. The number of benzene rings is 1. The van der Waals surface area contributed by atoms with Gasteiger partial charge in [-0.15, -0.1) is 0 Å². The Morgan fingerprint density at radius 3 is 2.47 bits per heavy atom. The highest BCUT2D eigenvalue weighted by molar-refractivity contribution is 6.31. The van der Waals surface area contributed by atoms with Crippen LogP contribution in [0.2, 0.25) is 5.02 Å². The zero-order chi connectivity index (χ0) is 14.2. The van der Waals surface area contributed by atoms with Gasteiger partial charge in [0.2, 0.25) is 0 Å². The fourth-order valence-electron chi connectivity index (χ4n) is 2.45. The van der Waals surface area contributed by atoms with Crippen molar-refractivity contribution in [3.63, 3.8) is 0 Å². The summed E-state index contributed by atoms with van der Waals surface area (Å²) >= 11 is 6.18. The average Bonchev–Trinajstić information content (AvgIpc) is 2.64. The van der Waals surface area contributed by atoms with Gasteiger partial charge in [-0.25, -0.2) is 0 Å². The smallest absolute Gasteiger partial charge is 0.137 e. The topological polar surface area (TPSA) is 25.2 Å². The average molecular weight is 280 g/mol. The normalized spacial score (nSPS) is 12.0. The van der Waals surface area contributed by atoms with Gasteiger partial charge < -0.3 is 9.73 Å². The van der Waals surface area contributed by atoms with Crippen LogP contribution in [0.1, 0.15) is 50.5 Å². The van der Waals surface area contributed by atoms with Gasteiger partial charge in [-0.2, -0.15) is 0 Å². The Hall–Kier alpha value is -0.990. The number of aryl methyl sites for hydroxylation is 1. The van der Waals surface area contributed by atoms with E-state index in [0.717, 1.165) is 33.9 Å². The van der Waals surface area contributed by atoms with E-state index in [9.17, 15) is 0 Å². The summed E-state index contributed by atoms with van der Waals surface area (Å²) in [6, 6.07) is 4.41. The number of halogens is 1. The van der Waals surface area contributed by atoms with Crippen molar-refractivity contribution in [1.82, 2.24) is 5.32 Å². The predicted molar refractivity (Wildman–Crippen MR) is 82.0 cm³/mol. The third-order valence-electron chi connectivity index (χ3n) is 3.30. The summed E-state index contributed by atoms with van der Waals surface area (Å²) in [6.07, 6.45) is 0. The molecule has 0 radical (unpaired) electrons. The van der Waals surface area contributed by atoms with Crippen molar-refractivity contribution in [2.75, 3.05) is 0 Å². The quantitative estimate of drug-likeness (QED) is 0.850. The van der Waals surface area contributed by atoms with Crippen LogP contribution < -0.4 is 5.32 Å². The number of hydrogen-bond acceptors (Lipinski definition) is 2. The third kappa shape index (κ3) is 2.96. The van der Waals surface area contributed by atoms with E-state index in [1.807, 2.05) is 19.1 Å². The third-order valence-corrected chi connectivity index (χ3v) is 3.52. The van der Waals surface area contributed by atoms with Crippen LogP contribution in [0, 0.1) is 6.92 Å². The van der Waals surface area contributed by atoms with Gasteiger partial charge in [0, 0.05) is 22.0 Å². The van der Waals surface area contributed by atoms with Gasteiger partial charge in [-0.05, 0) is 30.5 Å². The summed E-state index contributed by atoms with van der Waals surface area (Å²) in [6.45, 7) is 11.5. The minimum atomic E-state index is 0.420. The van der Waals surface area contributed by atoms with Crippen LogP contribution in [-0.4, -0.2) is 6.04 Å². The summed E-state index contributed by atoms with van der Waals surface area (Å²) in [7, 11) is 0. The molecule has 2 nitrogen and oxygen atoms in total. The number of fused-ring (bicyclic) bond motifs is 1. The number of hydrogen-bond donors (Lipinski definition) is 1. The van der Waals surface area contributed by atoms with Crippen LogP contribution in [-0.2, 0) is 6.54 Å². The first-order chi connectivity index (χ1) is 8.90. The molecule has 19 heavy (non-hydrogen) atoms. The number of rotatable bonds is 4. The lowest BCUT2D eigenvalue weighted by molar-refractivity contribution is 0.480. The molecule has 3 heteroatoms. The van der Waals surface area contributed by atoms with Crippen molar-refractivity contribution >= 4 is 22.6 Å². The molecule has 0 bridgehead atoms. The standard InChI is InChI=1S/C16H22ClNO/c1-9(2)15-13-7-12(17)6-11(5)16(13)19-14(15)8-18-10(3)4/h6-7,9-10,18H,8H2,1-5H3. The zero-order valence-corrected chi connectivity index (χ0v) is 13.1. The molecule has 1 N–H and O–H groups in total. The number of nitrogens with one attached hydrogen (secondary N) is 1. The fraction of sp³-hybridized carbons (Fsp3) is 0.500. The Balaban J connectivity index is 2.57. The molecule has 0 unspecified atom stereocenters. The van der Waals surface area contributed by atoms with Gasteiger partial charge in [-0.3, -0.25) is 0 Å². The Morgan fingerprint density at radius 2 is 1.89 bits per heavy atom. The van der Waals surface area contributed by atoms with Crippen molar-refractivity contribution in [2.24, 2.45) is 0 Å². The predicted octanol–water partition coefficient (Wildman–Crippen LogP) is 5.02.